The summed E-state index contributed by atoms with van der Waals surface area (Å²) >= 11 is 6.18. The second-order valence-corrected chi connectivity index (χ2v) is 6.82. The lowest BCUT2D eigenvalue weighted by atomic mass is 10.1. The number of benzene rings is 2. The molecule has 1 aromatic heterocycles. The molecule has 2 aromatic carbocycles. The van der Waals surface area contributed by atoms with E-state index in [2.05, 4.69) is 32.7 Å². The van der Waals surface area contributed by atoms with Crippen molar-refractivity contribution >= 4 is 17.6 Å². The smallest absolute Gasteiger partial charge is 0.191 e. The first-order valence-electron chi connectivity index (χ1n) is 9.55. The Morgan fingerprint density at radius 1 is 0.966 bits per heavy atom. The van der Waals surface area contributed by atoms with Crippen molar-refractivity contribution in [1.29, 1.82) is 0 Å². The number of guanidine groups is 1. The Bertz CT molecular complexity index is 931. The average Bonchev–Trinajstić information content (AvgIpc) is 2.77. The summed E-state index contributed by atoms with van der Waals surface area (Å²) in [4.78, 5) is 8.63. The van der Waals surface area contributed by atoms with Crippen LogP contribution in [-0.2, 0) is 19.6 Å². The number of para-hydroxylation sites is 1. The van der Waals surface area contributed by atoms with Crippen LogP contribution in [-0.4, -0.2) is 24.5 Å². The van der Waals surface area contributed by atoms with Gasteiger partial charge in [-0.25, -0.2) is 0 Å². The summed E-state index contributed by atoms with van der Waals surface area (Å²) in [7, 11) is 1.77. The molecule has 0 unspecified atom stereocenters. The van der Waals surface area contributed by atoms with Gasteiger partial charge in [0.1, 0.15) is 12.4 Å². The number of aromatic nitrogens is 1. The van der Waals surface area contributed by atoms with Crippen molar-refractivity contribution < 1.29 is 4.74 Å². The van der Waals surface area contributed by atoms with Crippen LogP contribution in [0.1, 0.15) is 16.8 Å². The fraction of sp³-hybridized carbons (Fsp3) is 0.217. The summed E-state index contributed by atoms with van der Waals surface area (Å²) < 4.78 is 5.90. The minimum absolute atomic E-state index is 0.452. The zero-order valence-electron chi connectivity index (χ0n) is 16.4. The van der Waals surface area contributed by atoms with Crippen molar-refractivity contribution in [3.8, 4) is 5.75 Å². The molecule has 0 aliphatic rings. The topological polar surface area (TPSA) is 58.5 Å². The van der Waals surface area contributed by atoms with E-state index in [1.54, 1.807) is 7.05 Å². The fourth-order valence-corrected chi connectivity index (χ4v) is 3.03. The Balaban J connectivity index is 1.52. The van der Waals surface area contributed by atoms with Crippen molar-refractivity contribution in [3.05, 3.63) is 94.8 Å². The summed E-state index contributed by atoms with van der Waals surface area (Å²) in [5.41, 5.74) is 3.30. The predicted molar refractivity (Wildman–Crippen MR) is 118 cm³/mol. The highest BCUT2D eigenvalue weighted by Gasteiger charge is 2.06. The highest BCUT2D eigenvalue weighted by molar-refractivity contribution is 6.32. The van der Waals surface area contributed by atoms with Gasteiger partial charge in [0.25, 0.3) is 0 Å². The third-order valence-corrected chi connectivity index (χ3v) is 4.72. The number of nitrogens with zero attached hydrogens (tertiary/aromatic N) is 2. The van der Waals surface area contributed by atoms with Crippen molar-refractivity contribution in [1.82, 2.24) is 15.6 Å². The second kappa shape index (κ2) is 11.1. The van der Waals surface area contributed by atoms with Crippen molar-refractivity contribution in [3.63, 3.8) is 0 Å². The van der Waals surface area contributed by atoms with E-state index in [-0.39, 0.29) is 0 Å². The molecule has 6 heteroatoms. The molecule has 29 heavy (non-hydrogen) atoms. The van der Waals surface area contributed by atoms with Crippen LogP contribution in [0, 0.1) is 0 Å². The van der Waals surface area contributed by atoms with Crippen molar-refractivity contribution in [2.24, 2.45) is 4.99 Å². The van der Waals surface area contributed by atoms with Crippen LogP contribution in [0.15, 0.2) is 77.9 Å². The van der Waals surface area contributed by atoms with Crippen LogP contribution in [0.3, 0.4) is 0 Å². The number of ether oxygens (including phenoxy) is 1. The molecular weight excluding hydrogens is 384 g/mol. The molecular formula is C23H25ClN4O. The SMILES string of the molecule is CN=C(NCCc1ccccn1)NCc1ccccc1COc1ccccc1Cl. The molecule has 0 spiro atoms. The number of hydrogen-bond donors (Lipinski definition) is 2. The molecule has 0 saturated carbocycles. The third kappa shape index (κ3) is 6.50. The largest absolute Gasteiger partial charge is 0.487 e. The summed E-state index contributed by atoms with van der Waals surface area (Å²) in [6.45, 7) is 1.85. The van der Waals surface area contributed by atoms with Crippen LogP contribution < -0.4 is 15.4 Å². The van der Waals surface area contributed by atoms with Gasteiger partial charge in [0.2, 0.25) is 0 Å². The molecule has 2 N–H and O–H groups in total. The Kier molecular flexibility index (Phi) is 7.90. The molecule has 0 fully saturated rings. The summed E-state index contributed by atoms with van der Waals surface area (Å²) in [5.74, 6) is 1.44. The lowest BCUT2D eigenvalue weighted by molar-refractivity contribution is 0.305. The number of halogens is 1. The van der Waals surface area contributed by atoms with Gasteiger partial charge in [0.05, 0.1) is 5.02 Å². The van der Waals surface area contributed by atoms with Crippen molar-refractivity contribution in [2.75, 3.05) is 13.6 Å². The molecule has 0 radical (unpaired) electrons. The van der Waals surface area contributed by atoms with E-state index in [1.165, 1.54) is 0 Å². The van der Waals surface area contributed by atoms with E-state index >= 15 is 0 Å². The van der Waals surface area contributed by atoms with Gasteiger partial charge in [0, 0.05) is 38.4 Å². The minimum Gasteiger partial charge on any atom is -0.487 e. The molecule has 5 nitrogen and oxygen atoms in total. The number of pyridine rings is 1. The molecule has 150 valence electrons. The first-order valence-corrected chi connectivity index (χ1v) is 9.92. The van der Waals surface area contributed by atoms with Crippen molar-refractivity contribution in [2.45, 2.75) is 19.6 Å². The van der Waals surface area contributed by atoms with E-state index < -0.39 is 0 Å². The van der Waals surface area contributed by atoms with Gasteiger partial charge < -0.3 is 15.4 Å². The quantitative estimate of drug-likeness (QED) is 0.432. The Labute approximate surface area is 176 Å². The van der Waals surface area contributed by atoms with E-state index in [4.69, 9.17) is 16.3 Å². The highest BCUT2D eigenvalue weighted by atomic mass is 35.5. The third-order valence-electron chi connectivity index (χ3n) is 4.41. The van der Waals surface area contributed by atoms with Crippen LogP contribution in [0.2, 0.25) is 5.02 Å². The fourth-order valence-electron chi connectivity index (χ4n) is 2.84. The maximum absolute atomic E-state index is 6.18. The zero-order valence-corrected chi connectivity index (χ0v) is 17.2. The number of hydrogen-bond acceptors (Lipinski definition) is 3. The Morgan fingerprint density at radius 2 is 1.72 bits per heavy atom. The van der Waals surface area contributed by atoms with E-state index in [1.807, 2.05) is 60.8 Å². The summed E-state index contributed by atoms with van der Waals surface area (Å²) in [5, 5.41) is 7.29. The minimum atomic E-state index is 0.452. The molecule has 0 aliphatic heterocycles. The number of nitrogens with one attached hydrogen (secondary N) is 2. The zero-order chi connectivity index (χ0) is 20.3. The van der Waals surface area contributed by atoms with Crippen LogP contribution >= 0.6 is 11.6 Å². The van der Waals surface area contributed by atoms with Crippen LogP contribution in [0.5, 0.6) is 5.75 Å². The predicted octanol–water partition coefficient (Wildman–Crippen LogP) is 4.22. The van der Waals surface area contributed by atoms with E-state index in [9.17, 15) is 0 Å². The second-order valence-electron chi connectivity index (χ2n) is 6.41. The van der Waals surface area contributed by atoms with Gasteiger partial charge in [-0.05, 0) is 35.4 Å². The molecule has 0 amide bonds. The van der Waals surface area contributed by atoms with Gasteiger partial charge in [-0.2, -0.15) is 0 Å². The lowest BCUT2D eigenvalue weighted by Crippen LogP contribution is -2.38. The molecule has 0 bridgehead atoms. The van der Waals surface area contributed by atoms with Gasteiger partial charge >= 0.3 is 0 Å². The Morgan fingerprint density at radius 3 is 2.48 bits per heavy atom. The van der Waals surface area contributed by atoms with Gasteiger partial charge in [-0.1, -0.05) is 54.1 Å². The van der Waals surface area contributed by atoms with E-state index in [0.717, 1.165) is 35.7 Å². The average molecular weight is 409 g/mol. The molecule has 0 saturated heterocycles. The maximum Gasteiger partial charge on any atom is 0.191 e. The summed E-state index contributed by atoms with van der Waals surface area (Å²) in [6.07, 6.45) is 2.65. The molecule has 0 aliphatic carbocycles. The van der Waals surface area contributed by atoms with E-state index in [0.29, 0.717) is 23.9 Å². The standard InChI is InChI=1S/C23H25ClN4O/c1-25-23(27-15-13-20-10-6-7-14-26-20)28-16-18-8-2-3-9-19(18)17-29-22-12-5-4-11-21(22)24/h2-12,14H,13,15-17H2,1H3,(H2,25,27,28). The maximum atomic E-state index is 6.18. The molecule has 3 aromatic rings. The first-order chi connectivity index (χ1) is 14.3. The number of aliphatic imine (C=N–C) groups is 1. The number of rotatable bonds is 8. The van der Waals surface area contributed by atoms with Gasteiger partial charge in [0.15, 0.2) is 5.96 Å². The normalized spacial score (nSPS) is 11.2. The van der Waals surface area contributed by atoms with Crippen LogP contribution in [0.25, 0.3) is 0 Å². The van der Waals surface area contributed by atoms with Crippen LogP contribution in [0.4, 0.5) is 0 Å². The lowest BCUT2D eigenvalue weighted by Gasteiger charge is -2.15. The Hall–Kier alpha value is -3.05. The highest BCUT2D eigenvalue weighted by Crippen LogP contribution is 2.24. The first kappa shape index (κ1) is 20.7. The monoisotopic (exact) mass is 408 g/mol. The molecule has 3 rings (SSSR count). The summed E-state index contributed by atoms with van der Waals surface area (Å²) in [6, 6.07) is 21.6. The van der Waals surface area contributed by atoms with Gasteiger partial charge in [-0.15, -0.1) is 0 Å². The van der Waals surface area contributed by atoms with Gasteiger partial charge in [-0.3, -0.25) is 9.98 Å². The molecule has 0 atom stereocenters. The molecule has 1 heterocycles.